The van der Waals surface area contributed by atoms with Crippen molar-refractivity contribution in [2.75, 3.05) is 0 Å². The molecule has 0 unspecified atom stereocenters. The van der Waals surface area contributed by atoms with Crippen LogP contribution in [0.3, 0.4) is 0 Å². The molecular formula is C23H21ClN4O. The smallest absolute Gasteiger partial charge is 0.254 e. The second-order valence-corrected chi connectivity index (χ2v) is 7.56. The maximum Gasteiger partial charge on any atom is 0.254 e. The van der Waals surface area contributed by atoms with Crippen molar-refractivity contribution in [3.63, 3.8) is 0 Å². The minimum atomic E-state index is -0.257. The van der Waals surface area contributed by atoms with Crippen LogP contribution in [-0.4, -0.2) is 20.7 Å². The predicted octanol–water partition coefficient (Wildman–Crippen LogP) is 4.93. The molecule has 0 bridgehead atoms. The van der Waals surface area contributed by atoms with E-state index in [-0.39, 0.29) is 5.91 Å². The SMILES string of the molecule is Cc1ccc(CNC(=O)c2cnc3c(c(C)nn3-c3ccc(C)cc3)c2Cl)cc1. The van der Waals surface area contributed by atoms with Gasteiger partial charge in [0, 0.05) is 12.7 Å². The highest BCUT2D eigenvalue weighted by Crippen LogP contribution is 2.30. The summed E-state index contributed by atoms with van der Waals surface area (Å²) in [4.78, 5) is 17.2. The van der Waals surface area contributed by atoms with E-state index in [2.05, 4.69) is 15.4 Å². The van der Waals surface area contributed by atoms with Crippen LogP contribution in [0.15, 0.2) is 54.7 Å². The van der Waals surface area contributed by atoms with E-state index in [9.17, 15) is 4.79 Å². The third-order valence-electron chi connectivity index (χ3n) is 4.90. The van der Waals surface area contributed by atoms with E-state index >= 15 is 0 Å². The highest BCUT2D eigenvalue weighted by Gasteiger charge is 2.19. The van der Waals surface area contributed by atoms with Gasteiger partial charge in [0.2, 0.25) is 0 Å². The summed E-state index contributed by atoms with van der Waals surface area (Å²) in [5, 5.41) is 8.56. The molecule has 146 valence electrons. The lowest BCUT2D eigenvalue weighted by Gasteiger charge is -2.08. The molecule has 29 heavy (non-hydrogen) atoms. The maximum atomic E-state index is 12.7. The van der Waals surface area contributed by atoms with Gasteiger partial charge in [0.1, 0.15) is 0 Å². The monoisotopic (exact) mass is 404 g/mol. The number of hydrogen-bond donors (Lipinski definition) is 1. The zero-order valence-corrected chi connectivity index (χ0v) is 17.3. The number of amides is 1. The third-order valence-corrected chi connectivity index (χ3v) is 5.30. The van der Waals surface area contributed by atoms with Crippen molar-refractivity contribution in [2.45, 2.75) is 27.3 Å². The lowest BCUT2D eigenvalue weighted by Crippen LogP contribution is -2.23. The number of carbonyl (C=O) groups is 1. The van der Waals surface area contributed by atoms with Crippen molar-refractivity contribution >= 4 is 28.5 Å². The van der Waals surface area contributed by atoms with Gasteiger partial charge in [0.25, 0.3) is 5.91 Å². The molecule has 0 spiro atoms. The molecule has 2 aromatic heterocycles. The van der Waals surface area contributed by atoms with Crippen LogP contribution in [0.5, 0.6) is 0 Å². The molecule has 0 saturated carbocycles. The summed E-state index contributed by atoms with van der Waals surface area (Å²) in [6.07, 6.45) is 1.51. The zero-order valence-electron chi connectivity index (χ0n) is 16.5. The molecule has 0 fully saturated rings. The summed E-state index contributed by atoms with van der Waals surface area (Å²) >= 11 is 6.62. The lowest BCUT2D eigenvalue weighted by atomic mass is 10.1. The van der Waals surface area contributed by atoms with Crippen LogP contribution in [-0.2, 0) is 6.54 Å². The number of aryl methyl sites for hydroxylation is 3. The molecule has 0 saturated heterocycles. The molecule has 0 aliphatic rings. The van der Waals surface area contributed by atoms with Gasteiger partial charge in [0.15, 0.2) is 5.65 Å². The fourth-order valence-corrected chi connectivity index (χ4v) is 3.57. The van der Waals surface area contributed by atoms with Gasteiger partial charge in [0.05, 0.1) is 27.4 Å². The Morgan fingerprint density at radius 3 is 2.28 bits per heavy atom. The Hall–Kier alpha value is -3.18. The summed E-state index contributed by atoms with van der Waals surface area (Å²) in [5.74, 6) is -0.257. The normalized spacial score (nSPS) is 11.0. The van der Waals surface area contributed by atoms with Gasteiger partial charge in [-0.25, -0.2) is 9.67 Å². The summed E-state index contributed by atoms with van der Waals surface area (Å²) in [5.41, 5.74) is 5.97. The molecule has 1 amide bonds. The van der Waals surface area contributed by atoms with Gasteiger partial charge in [-0.05, 0) is 38.5 Å². The van der Waals surface area contributed by atoms with Crippen molar-refractivity contribution in [1.29, 1.82) is 0 Å². The molecule has 6 heteroatoms. The summed E-state index contributed by atoms with van der Waals surface area (Å²) in [7, 11) is 0. The van der Waals surface area contributed by atoms with E-state index in [0.717, 1.165) is 16.9 Å². The van der Waals surface area contributed by atoms with Gasteiger partial charge in [-0.3, -0.25) is 4.79 Å². The van der Waals surface area contributed by atoms with Crippen molar-refractivity contribution in [1.82, 2.24) is 20.1 Å². The van der Waals surface area contributed by atoms with Gasteiger partial charge >= 0.3 is 0 Å². The van der Waals surface area contributed by atoms with E-state index in [1.54, 1.807) is 4.68 Å². The molecule has 5 nitrogen and oxygen atoms in total. The summed E-state index contributed by atoms with van der Waals surface area (Å²) in [6.45, 7) is 6.36. The van der Waals surface area contributed by atoms with Crippen LogP contribution in [0.1, 0.15) is 32.7 Å². The van der Waals surface area contributed by atoms with Crippen molar-refractivity contribution < 1.29 is 4.79 Å². The number of fused-ring (bicyclic) bond motifs is 1. The largest absolute Gasteiger partial charge is 0.348 e. The molecular weight excluding hydrogens is 384 g/mol. The first-order valence-corrected chi connectivity index (χ1v) is 9.76. The third kappa shape index (κ3) is 3.74. The van der Waals surface area contributed by atoms with Crippen molar-refractivity contribution in [2.24, 2.45) is 0 Å². The summed E-state index contributed by atoms with van der Waals surface area (Å²) in [6, 6.07) is 16.0. The highest BCUT2D eigenvalue weighted by molar-refractivity contribution is 6.38. The van der Waals surface area contributed by atoms with Gasteiger partial charge < -0.3 is 5.32 Å². The van der Waals surface area contributed by atoms with E-state index < -0.39 is 0 Å². The Balaban J connectivity index is 1.65. The van der Waals surface area contributed by atoms with Crippen LogP contribution in [0.4, 0.5) is 0 Å². The van der Waals surface area contributed by atoms with E-state index in [1.807, 2.05) is 69.3 Å². The topological polar surface area (TPSA) is 59.8 Å². The first-order valence-electron chi connectivity index (χ1n) is 9.38. The number of carbonyl (C=O) groups excluding carboxylic acids is 1. The number of pyridine rings is 1. The Bertz CT molecular complexity index is 1190. The number of aromatic nitrogens is 3. The van der Waals surface area contributed by atoms with Gasteiger partial charge in [-0.15, -0.1) is 0 Å². The average molecular weight is 405 g/mol. The first-order chi connectivity index (χ1) is 13.9. The minimum Gasteiger partial charge on any atom is -0.348 e. The molecule has 2 aromatic carbocycles. The highest BCUT2D eigenvalue weighted by atomic mass is 35.5. The van der Waals surface area contributed by atoms with Crippen LogP contribution in [0.25, 0.3) is 16.7 Å². The van der Waals surface area contributed by atoms with Crippen LogP contribution >= 0.6 is 11.6 Å². The minimum absolute atomic E-state index is 0.257. The average Bonchev–Trinajstić information content (AvgIpc) is 3.05. The summed E-state index contributed by atoms with van der Waals surface area (Å²) < 4.78 is 1.75. The Kier molecular flexibility index (Phi) is 5.07. The molecule has 0 radical (unpaired) electrons. The number of halogens is 1. The Morgan fingerprint density at radius 1 is 1.00 bits per heavy atom. The number of rotatable bonds is 4. The molecule has 2 heterocycles. The fraction of sp³-hybridized carbons (Fsp3) is 0.174. The van der Waals surface area contributed by atoms with Crippen LogP contribution < -0.4 is 5.32 Å². The Morgan fingerprint density at radius 2 is 1.62 bits per heavy atom. The van der Waals surface area contributed by atoms with E-state index in [1.165, 1.54) is 17.3 Å². The molecule has 0 aliphatic carbocycles. The number of hydrogen-bond acceptors (Lipinski definition) is 3. The van der Waals surface area contributed by atoms with Crippen LogP contribution in [0.2, 0.25) is 5.02 Å². The first kappa shape index (κ1) is 19.2. The second-order valence-electron chi connectivity index (χ2n) is 7.19. The van der Waals surface area contributed by atoms with Crippen LogP contribution in [0, 0.1) is 20.8 Å². The van der Waals surface area contributed by atoms with Crippen molar-refractivity contribution in [3.05, 3.63) is 87.7 Å². The van der Waals surface area contributed by atoms with E-state index in [4.69, 9.17) is 11.6 Å². The maximum absolute atomic E-state index is 12.7. The second kappa shape index (κ2) is 7.68. The Labute approximate surface area is 174 Å². The standard InChI is InChI=1S/C23H21ClN4O/c1-14-4-8-17(9-5-14)12-26-23(29)19-13-25-22-20(21(19)24)16(3)27-28(22)18-10-6-15(2)7-11-18/h4-11,13H,12H2,1-3H3,(H,26,29). The quantitative estimate of drug-likeness (QED) is 0.524. The lowest BCUT2D eigenvalue weighted by molar-refractivity contribution is 0.0951. The van der Waals surface area contributed by atoms with Gasteiger partial charge in [-0.1, -0.05) is 59.1 Å². The van der Waals surface area contributed by atoms with E-state index in [0.29, 0.717) is 28.2 Å². The molecule has 4 aromatic rings. The zero-order chi connectivity index (χ0) is 20.5. The number of nitrogens with one attached hydrogen (secondary N) is 1. The molecule has 0 atom stereocenters. The predicted molar refractivity (Wildman–Crippen MR) is 116 cm³/mol. The fourth-order valence-electron chi connectivity index (χ4n) is 3.22. The number of benzene rings is 2. The van der Waals surface area contributed by atoms with Crippen molar-refractivity contribution in [3.8, 4) is 5.69 Å². The van der Waals surface area contributed by atoms with Gasteiger partial charge in [-0.2, -0.15) is 5.10 Å². The molecule has 4 rings (SSSR count). The molecule has 0 aliphatic heterocycles. The number of nitrogens with zero attached hydrogens (tertiary/aromatic N) is 3. The molecule has 1 N–H and O–H groups in total.